The van der Waals surface area contributed by atoms with Gasteiger partial charge in [-0.3, -0.25) is 14.9 Å². The Bertz CT molecular complexity index is 921. The Labute approximate surface area is 187 Å². The maximum Gasteiger partial charge on any atom is 0.247 e. The molecule has 1 aromatic carbocycles. The van der Waals surface area contributed by atoms with Crippen LogP contribution in [-0.2, 0) is 9.59 Å². The Balaban J connectivity index is 1.47. The van der Waals surface area contributed by atoms with Crippen LogP contribution in [0.5, 0.6) is 11.5 Å². The average Bonchev–Trinajstić information content (AvgIpc) is 3.29. The van der Waals surface area contributed by atoms with Crippen LogP contribution in [0.25, 0.3) is 0 Å². The topological polar surface area (TPSA) is 119 Å². The van der Waals surface area contributed by atoms with E-state index in [2.05, 4.69) is 15.6 Å². The minimum Gasteiger partial charge on any atom is -0.486 e. The number of guanidine groups is 1. The summed E-state index contributed by atoms with van der Waals surface area (Å²) in [7, 11) is 0. The van der Waals surface area contributed by atoms with Gasteiger partial charge in [0, 0.05) is 31.4 Å². The largest absolute Gasteiger partial charge is 0.486 e. The number of likely N-dealkylation sites (tertiary alicyclic amines) is 2. The van der Waals surface area contributed by atoms with Crippen molar-refractivity contribution in [2.24, 2.45) is 4.99 Å². The Kier molecular flexibility index (Phi) is 6.94. The van der Waals surface area contributed by atoms with Gasteiger partial charge < -0.3 is 24.6 Å². The SMILES string of the molecule is N#CNC(=NC1CCCCN(CC(=O)N2CCCC2)C1=O)Nc1ccc2c(c1)OCCO2. The van der Waals surface area contributed by atoms with Crippen molar-refractivity contribution < 1.29 is 19.1 Å². The molecule has 0 spiro atoms. The standard InChI is InChI=1S/C22H28N6O4/c23-15-24-22(25-16-6-7-18-19(13-16)32-12-11-31-18)26-17-5-1-2-10-28(21(17)30)14-20(29)27-8-3-4-9-27/h6-7,13,17H,1-5,8-12,14H2,(H2,24,25,26). The fourth-order valence-electron chi connectivity index (χ4n) is 4.15. The van der Waals surface area contributed by atoms with Crippen molar-refractivity contribution in [3.63, 3.8) is 0 Å². The zero-order valence-electron chi connectivity index (χ0n) is 18.0. The van der Waals surface area contributed by atoms with Gasteiger partial charge in [-0.05, 0) is 44.2 Å². The number of nitriles is 1. The van der Waals surface area contributed by atoms with Gasteiger partial charge >= 0.3 is 0 Å². The lowest BCUT2D eigenvalue weighted by Gasteiger charge is -2.25. The van der Waals surface area contributed by atoms with Gasteiger partial charge in [0.2, 0.25) is 17.8 Å². The molecule has 2 fully saturated rings. The number of nitrogens with one attached hydrogen (secondary N) is 2. The molecule has 0 bridgehead atoms. The first kappa shape index (κ1) is 21.7. The van der Waals surface area contributed by atoms with Crippen molar-refractivity contribution >= 4 is 23.5 Å². The molecule has 0 radical (unpaired) electrons. The number of fused-ring (bicyclic) bond motifs is 1. The molecule has 2 amide bonds. The molecule has 2 N–H and O–H groups in total. The summed E-state index contributed by atoms with van der Waals surface area (Å²) < 4.78 is 11.1. The molecule has 0 aromatic heterocycles. The van der Waals surface area contributed by atoms with Crippen LogP contribution >= 0.6 is 0 Å². The van der Waals surface area contributed by atoms with Crippen LogP contribution in [0, 0.1) is 11.5 Å². The van der Waals surface area contributed by atoms with E-state index < -0.39 is 6.04 Å². The highest BCUT2D eigenvalue weighted by molar-refractivity contribution is 5.97. The van der Waals surface area contributed by atoms with E-state index in [1.807, 2.05) is 11.1 Å². The Morgan fingerprint density at radius 3 is 2.66 bits per heavy atom. The Morgan fingerprint density at radius 1 is 1.12 bits per heavy atom. The van der Waals surface area contributed by atoms with E-state index in [1.54, 1.807) is 23.1 Å². The number of rotatable bonds is 4. The van der Waals surface area contributed by atoms with Crippen LogP contribution in [0.3, 0.4) is 0 Å². The normalized spacial score (nSPS) is 21.0. The quantitative estimate of drug-likeness (QED) is 0.313. The van der Waals surface area contributed by atoms with E-state index in [0.717, 1.165) is 38.8 Å². The van der Waals surface area contributed by atoms with Crippen molar-refractivity contribution in [2.45, 2.75) is 38.1 Å². The van der Waals surface area contributed by atoms with E-state index in [4.69, 9.17) is 9.47 Å². The van der Waals surface area contributed by atoms with Crippen molar-refractivity contribution in [1.29, 1.82) is 5.26 Å². The molecule has 3 aliphatic heterocycles. The van der Waals surface area contributed by atoms with E-state index in [9.17, 15) is 14.9 Å². The molecule has 1 aromatic rings. The lowest BCUT2D eigenvalue weighted by Crippen LogP contribution is -2.45. The van der Waals surface area contributed by atoms with Gasteiger partial charge in [0.1, 0.15) is 19.3 Å². The van der Waals surface area contributed by atoms with Gasteiger partial charge in [-0.15, -0.1) is 0 Å². The molecule has 3 heterocycles. The van der Waals surface area contributed by atoms with E-state index in [0.29, 0.717) is 43.4 Å². The molecule has 3 aliphatic rings. The summed E-state index contributed by atoms with van der Waals surface area (Å²) in [6.07, 6.45) is 6.10. The van der Waals surface area contributed by atoms with Gasteiger partial charge in [-0.25, -0.2) is 4.99 Å². The summed E-state index contributed by atoms with van der Waals surface area (Å²) in [6.45, 7) is 3.12. The number of hydrogen-bond donors (Lipinski definition) is 2. The zero-order valence-corrected chi connectivity index (χ0v) is 18.0. The zero-order chi connectivity index (χ0) is 22.3. The molecule has 10 heteroatoms. The monoisotopic (exact) mass is 440 g/mol. The maximum absolute atomic E-state index is 13.2. The first-order valence-electron chi connectivity index (χ1n) is 11.1. The van der Waals surface area contributed by atoms with Crippen molar-refractivity contribution in [3.05, 3.63) is 18.2 Å². The molecule has 32 heavy (non-hydrogen) atoms. The smallest absolute Gasteiger partial charge is 0.247 e. The van der Waals surface area contributed by atoms with Crippen molar-refractivity contribution in [1.82, 2.24) is 15.1 Å². The third kappa shape index (κ3) is 5.22. The third-order valence-corrected chi connectivity index (χ3v) is 5.80. The molecule has 4 rings (SSSR count). The minimum atomic E-state index is -0.663. The van der Waals surface area contributed by atoms with Crippen LogP contribution in [0.2, 0.25) is 0 Å². The van der Waals surface area contributed by atoms with Gasteiger partial charge in [-0.1, -0.05) is 0 Å². The summed E-state index contributed by atoms with van der Waals surface area (Å²) in [6, 6.07) is 4.67. The van der Waals surface area contributed by atoms with Gasteiger partial charge in [-0.2, -0.15) is 5.26 Å². The number of carbonyl (C=O) groups excluding carboxylic acids is 2. The number of anilines is 1. The summed E-state index contributed by atoms with van der Waals surface area (Å²) in [4.78, 5) is 33.7. The highest BCUT2D eigenvalue weighted by Gasteiger charge is 2.30. The molecule has 10 nitrogen and oxygen atoms in total. The number of carbonyl (C=O) groups is 2. The molecular formula is C22H28N6O4. The van der Waals surface area contributed by atoms with Crippen molar-refractivity contribution in [2.75, 3.05) is 44.7 Å². The molecule has 1 atom stereocenters. The van der Waals surface area contributed by atoms with E-state index in [-0.39, 0.29) is 24.3 Å². The summed E-state index contributed by atoms with van der Waals surface area (Å²) in [5.41, 5.74) is 0.651. The summed E-state index contributed by atoms with van der Waals surface area (Å²) >= 11 is 0. The molecular weight excluding hydrogens is 412 g/mol. The van der Waals surface area contributed by atoms with Crippen LogP contribution in [0.15, 0.2) is 23.2 Å². The second-order valence-corrected chi connectivity index (χ2v) is 8.06. The first-order chi connectivity index (χ1) is 15.6. The van der Waals surface area contributed by atoms with Crippen LogP contribution in [0.1, 0.15) is 32.1 Å². The molecule has 170 valence electrons. The van der Waals surface area contributed by atoms with Gasteiger partial charge in [0.15, 0.2) is 17.7 Å². The van der Waals surface area contributed by atoms with Crippen LogP contribution < -0.4 is 20.1 Å². The van der Waals surface area contributed by atoms with Crippen molar-refractivity contribution in [3.8, 4) is 17.7 Å². The molecule has 0 saturated carbocycles. The predicted molar refractivity (Wildman–Crippen MR) is 117 cm³/mol. The van der Waals surface area contributed by atoms with E-state index >= 15 is 0 Å². The number of nitrogens with zero attached hydrogens (tertiary/aromatic N) is 4. The number of amides is 2. The highest BCUT2D eigenvalue weighted by atomic mass is 16.6. The number of benzene rings is 1. The fourth-order valence-corrected chi connectivity index (χ4v) is 4.15. The summed E-state index contributed by atoms with van der Waals surface area (Å²) in [5.74, 6) is 1.25. The number of ether oxygens (including phenoxy) is 2. The average molecular weight is 441 g/mol. The minimum absolute atomic E-state index is 0.00902. The number of hydrogen-bond acceptors (Lipinski definition) is 6. The Morgan fingerprint density at radius 2 is 1.88 bits per heavy atom. The molecule has 0 aliphatic carbocycles. The van der Waals surface area contributed by atoms with E-state index in [1.165, 1.54) is 0 Å². The predicted octanol–water partition coefficient (Wildman–Crippen LogP) is 1.30. The second-order valence-electron chi connectivity index (χ2n) is 8.06. The van der Waals surface area contributed by atoms with Gasteiger partial charge in [0.25, 0.3) is 0 Å². The van der Waals surface area contributed by atoms with Crippen LogP contribution in [-0.4, -0.2) is 73.0 Å². The maximum atomic E-state index is 13.2. The lowest BCUT2D eigenvalue weighted by molar-refractivity contribution is -0.140. The third-order valence-electron chi connectivity index (χ3n) is 5.80. The lowest BCUT2D eigenvalue weighted by atomic mass is 10.1. The highest BCUT2D eigenvalue weighted by Crippen LogP contribution is 2.32. The number of aliphatic imine (C=N–C) groups is 1. The first-order valence-corrected chi connectivity index (χ1v) is 11.1. The fraction of sp³-hybridized carbons (Fsp3) is 0.545. The summed E-state index contributed by atoms with van der Waals surface area (Å²) in [5, 5.41) is 14.8. The van der Waals surface area contributed by atoms with Gasteiger partial charge in [0.05, 0.1) is 6.54 Å². The second kappa shape index (κ2) is 10.2. The molecule has 2 saturated heterocycles. The van der Waals surface area contributed by atoms with Crippen LogP contribution in [0.4, 0.5) is 5.69 Å². The molecule has 1 unspecified atom stereocenters. The Hall–Kier alpha value is -3.48.